The molecule has 0 saturated carbocycles. The molecule has 4 heteroatoms. The van der Waals surface area contributed by atoms with Crippen LogP contribution in [0.1, 0.15) is 29.2 Å². The fourth-order valence-electron chi connectivity index (χ4n) is 3.20. The SMILES string of the molecule is Cc1ccc(NC(=O)CN(C)[C@@H]2CCc3ccccc32)cc1F. The lowest BCUT2D eigenvalue weighted by Gasteiger charge is -2.24. The number of halogens is 1. The number of likely N-dealkylation sites (N-methyl/N-ethyl adjacent to an activating group) is 1. The van der Waals surface area contributed by atoms with Crippen molar-refractivity contribution in [1.82, 2.24) is 4.90 Å². The maximum atomic E-state index is 13.5. The van der Waals surface area contributed by atoms with Gasteiger partial charge in [0.25, 0.3) is 0 Å². The number of carbonyl (C=O) groups excluding carboxylic acids is 1. The molecule has 3 nitrogen and oxygen atoms in total. The zero-order valence-corrected chi connectivity index (χ0v) is 13.5. The van der Waals surface area contributed by atoms with Crippen LogP contribution in [-0.4, -0.2) is 24.4 Å². The number of hydrogen-bond donors (Lipinski definition) is 1. The van der Waals surface area contributed by atoms with Crippen LogP contribution < -0.4 is 5.32 Å². The quantitative estimate of drug-likeness (QED) is 0.934. The second kappa shape index (κ2) is 6.50. The summed E-state index contributed by atoms with van der Waals surface area (Å²) >= 11 is 0. The first-order valence-corrected chi connectivity index (χ1v) is 7.88. The van der Waals surface area contributed by atoms with Gasteiger partial charge in [-0.05, 0) is 55.6 Å². The molecule has 0 saturated heterocycles. The topological polar surface area (TPSA) is 32.3 Å². The fourth-order valence-corrected chi connectivity index (χ4v) is 3.20. The number of nitrogens with one attached hydrogen (secondary N) is 1. The highest BCUT2D eigenvalue weighted by atomic mass is 19.1. The lowest BCUT2D eigenvalue weighted by molar-refractivity contribution is -0.117. The van der Waals surface area contributed by atoms with E-state index in [2.05, 4.69) is 28.4 Å². The van der Waals surface area contributed by atoms with Gasteiger partial charge in [-0.15, -0.1) is 0 Å². The highest BCUT2D eigenvalue weighted by molar-refractivity contribution is 5.92. The molecular weight excluding hydrogens is 291 g/mol. The Balaban J connectivity index is 1.63. The van der Waals surface area contributed by atoms with Crippen LogP contribution in [0.15, 0.2) is 42.5 Å². The average molecular weight is 312 g/mol. The number of anilines is 1. The van der Waals surface area contributed by atoms with Crippen LogP contribution in [0.25, 0.3) is 0 Å². The van der Waals surface area contributed by atoms with E-state index >= 15 is 0 Å². The Labute approximate surface area is 136 Å². The van der Waals surface area contributed by atoms with Gasteiger partial charge in [0.1, 0.15) is 5.82 Å². The molecule has 1 aliphatic rings. The summed E-state index contributed by atoms with van der Waals surface area (Å²) in [5.74, 6) is -0.430. The molecular formula is C19H21FN2O. The van der Waals surface area contributed by atoms with Crippen molar-refractivity contribution < 1.29 is 9.18 Å². The zero-order valence-electron chi connectivity index (χ0n) is 13.5. The maximum Gasteiger partial charge on any atom is 0.238 e. The van der Waals surface area contributed by atoms with Gasteiger partial charge in [0.15, 0.2) is 0 Å². The first-order valence-electron chi connectivity index (χ1n) is 7.88. The minimum absolute atomic E-state index is 0.125. The Morgan fingerprint density at radius 2 is 2.09 bits per heavy atom. The number of nitrogens with zero attached hydrogens (tertiary/aromatic N) is 1. The number of fused-ring (bicyclic) bond motifs is 1. The van der Waals surface area contributed by atoms with Crippen LogP contribution in [0.4, 0.5) is 10.1 Å². The predicted molar refractivity (Wildman–Crippen MR) is 89.9 cm³/mol. The molecule has 0 aliphatic heterocycles. The third-order valence-corrected chi connectivity index (χ3v) is 4.48. The highest BCUT2D eigenvalue weighted by Gasteiger charge is 2.26. The summed E-state index contributed by atoms with van der Waals surface area (Å²) < 4.78 is 13.5. The molecule has 2 aromatic rings. The second-order valence-corrected chi connectivity index (χ2v) is 6.18. The Kier molecular flexibility index (Phi) is 4.44. The molecule has 1 aliphatic carbocycles. The summed E-state index contributed by atoms with van der Waals surface area (Å²) in [6.45, 7) is 1.99. The van der Waals surface area contributed by atoms with Gasteiger partial charge in [-0.25, -0.2) is 4.39 Å². The molecule has 0 bridgehead atoms. The molecule has 120 valence electrons. The minimum atomic E-state index is -0.305. The molecule has 1 N–H and O–H groups in total. The second-order valence-electron chi connectivity index (χ2n) is 6.18. The third kappa shape index (κ3) is 3.42. The number of aryl methyl sites for hydroxylation is 2. The van der Waals surface area contributed by atoms with Gasteiger partial charge in [0.2, 0.25) is 5.91 Å². The molecule has 0 radical (unpaired) electrons. The van der Waals surface area contributed by atoms with E-state index in [0.717, 1.165) is 12.8 Å². The third-order valence-electron chi connectivity index (χ3n) is 4.48. The van der Waals surface area contributed by atoms with E-state index < -0.39 is 0 Å². The van der Waals surface area contributed by atoms with Crippen molar-refractivity contribution in [3.05, 3.63) is 65.0 Å². The van der Waals surface area contributed by atoms with Crippen LogP contribution in [0.2, 0.25) is 0 Å². The molecule has 1 atom stereocenters. The lowest BCUT2D eigenvalue weighted by Crippen LogP contribution is -2.32. The van der Waals surface area contributed by atoms with E-state index in [9.17, 15) is 9.18 Å². The first kappa shape index (κ1) is 15.7. The monoisotopic (exact) mass is 312 g/mol. The van der Waals surface area contributed by atoms with Crippen molar-refractivity contribution >= 4 is 11.6 Å². The molecule has 3 rings (SSSR count). The molecule has 23 heavy (non-hydrogen) atoms. The molecule has 0 fully saturated rings. The zero-order chi connectivity index (χ0) is 16.4. The van der Waals surface area contributed by atoms with Crippen molar-refractivity contribution in [1.29, 1.82) is 0 Å². The summed E-state index contributed by atoms with van der Waals surface area (Å²) in [5, 5.41) is 2.77. The fraction of sp³-hybridized carbons (Fsp3) is 0.316. The Morgan fingerprint density at radius 3 is 2.87 bits per heavy atom. The van der Waals surface area contributed by atoms with Gasteiger partial charge in [-0.1, -0.05) is 30.3 Å². The van der Waals surface area contributed by atoms with E-state index in [1.54, 1.807) is 19.1 Å². The molecule has 0 aromatic heterocycles. The van der Waals surface area contributed by atoms with Gasteiger partial charge in [0, 0.05) is 11.7 Å². The summed E-state index contributed by atoms with van der Waals surface area (Å²) in [5.41, 5.74) is 3.75. The highest BCUT2D eigenvalue weighted by Crippen LogP contribution is 2.34. The number of benzene rings is 2. The van der Waals surface area contributed by atoms with Crippen molar-refractivity contribution in [3.63, 3.8) is 0 Å². The van der Waals surface area contributed by atoms with Gasteiger partial charge in [0.05, 0.1) is 6.54 Å². The van der Waals surface area contributed by atoms with Crippen LogP contribution >= 0.6 is 0 Å². The molecule has 0 unspecified atom stereocenters. The standard InChI is InChI=1S/C19H21FN2O/c1-13-7-9-15(11-17(13)20)21-19(23)12-22(2)18-10-8-14-5-3-4-6-16(14)18/h3-7,9,11,18H,8,10,12H2,1-2H3,(H,21,23)/t18-/m1/s1. The molecule has 0 spiro atoms. The minimum Gasteiger partial charge on any atom is -0.325 e. The summed E-state index contributed by atoms with van der Waals surface area (Å²) in [6.07, 6.45) is 2.08. The van der Waals surface area contributed by atoms with E-state index in [0.29, 0.717) is 11.3 Å². The molecule has 2 aromatic carbocycles. The van der Waals surface area contributed by atoms with E-state index in [4.69, 9.17) is 0 Å². The Morgan fingerprint density at radius 1 is 1.30 bits per heavy atom. The largest absolute Gasteiger partial charge is 0.325 e. The van der Waals surface area contributed by atoms with Gasteiger partial charge >= 0.3 is 0 Å². The molecule has 1 amide bonds. The predicted octanol–water partition coefficient (Wildman–Crippen LogP) is 3.69. The van der Waals surface area contributed by atoms with Crippen molar-refractivity contribution in [3.8, 4) is 0 Å². The van der Waals surface area contributed by atoms with Crippen LogP contribution in [0.5, 0.6) is 0 Å². The van der Waals surface area contributed by atoms with Crippen LogP contribution in [0, 0.1) is 12.7 Å². The van der Waals surface area contributed by atoms with E-state index in [1.807, 2.05) is 13.1 Å². The lowest BCUT2D eigenvalue weighted by atomic mass is 10.1. The number of hydrogen-bond acceptors (Lipinski definition) is 2. The summed E-state index contributed by atoms with van der Waals surface area (Å²) in [6, 6.07) is 13.4. The van der Waals surface area contributed by atoms with Crippen LogP contribution in [-0.2, 0) is 11.2 Å². The number of carbonyl (C=O) groups is 1. The molecule has 0 heterocycles. The van der Waals surface area contributed by atoms with Gasteiger partial charge in [-0.3, -0.25) is 9.69 Å². The van der Waals surface area contributed by atoms with E-state index in [-0.39, 0.29) is 24.3 Å². The number of rotatable bonds is 4. The summed E-state index contributed by atoms with van der Waals surface area (Å²) in [4.78, 5) is 14.3. The van der Waals surface area contributed by atoms with Crippen molar-refractivity contribution in [2.24, 2.45) is 0 Å². The number of amides is 1. The first-order chi connectivity index (χ1) is 11.0. The van der Waals surface area contributed by atoms with E-state index in [1.165, 1.54) is 17.2 Å². The van der Waals surface area contributed by atoms with Crippen LogP contribution in [0.3, 0.4) is 0 Å². The summed E-state index contributed by atoms with van der Waals surface area (Å²) in [7, 11) is 1.96. The maximum absolute atomic E-state index is 13.5. The van der Waals surface area contributed by atoms with Gasteiger partial charge in [-0.2, -0.15) is 0 Å². The Hall–Kier alpha value is -2.20. The normalized spacial score (nSPS) is 16.4. The Bertz CT molecular complexity index is 729. The smallest absolute Gasteiger partial charge is 0.238 e. The van der Waals surface area contributed by atoms with Gasteiger partial charge < -0.3 is 5.32 Å². The average Bonchev–Trinajstić information content (AvgIpc) is 2.95. The van der Waals surface area contributed by atoms with Crippen molar-refractivity contribution in [2.45, 2.75) is 25.8 Å². The van der Waals surface area contributed by atoms with Crippen molar-refractivity contribution in [2.75, 3.05) is 18.9 Å².